The number of para-hydroxylation sites is 2. The highest BCUT2D eigenvalue weighted by molar-refractivity contribution is 5.95. The molecule has 0 fully saturated rings. The third-order valence-corrected chi connectivity index (χ3v) is 5.58. The average Bonchev–Trinajstić information content (AvgIpc) is 3.35. The van der Waals surface area contributed by atoms with Crippen LogP contribution in [0, 0.1) is 0 Å². The number of aromatic nitrogens is 1. The van der Waals surface area contributed by atoms with Crippen LogP contribution in [0.1, 0.15) is 16.1 Å². The first kappa shape index (κ1) is 21.8. The standard InChI is InChI=1S/C27H19N3O5/c31-25(16-30-22-10-3-1-8-20(22)26(32)21-9-2-4-11-23(21)30)29-28-15-19-12-13-24(35-19)17-6-5-7-18(14-17)27(33)34/h1-15H,16H2,(H,29,31)(H,33,34). The fourth-order valence-electron chi connectivity index (χ4n) is 3.98. The molecule has 0 saturated carbocycles. The predicted octanol–water partition coefficient (Wildman–Crippen LogP) is 4.26. The van der Waals surface area contributed by atoms with Crippen LogP contribution in [0.25, 0.3) is 33.1 Å². The molecular formula is C27H19N3O5. The molecule has 2 N–H and O–H groups in total. The van der Waals surface area contributed by atoms with Crippen molar-refractivity contribution >= 4 is 39.9 Å². The van der Waals surface area contributed by atoms with Gasteiger partial charge in [0.05, 0.1) is 22.8 Å². The summed E-state index contributed by atoms with van der Waals surface area (Å²) < 4.78 is 7.49. The molecule has 2 heterocycles. The predicted molar refractivity (Wildman–Crippen MR) is 133 cm³/mol. The van der Waals surface area contributed by atoms with Gasteiger partial charge in [0.1, 0.15) is 18.1 Å². The van der Waals surface area contributed by atoms with Gasteiger partial charge in [0.2, 0.25) is 0 Å². The summed E-state index contributed by atoms with van der Waals surface area (Å²) >= 11 is 0. The smallest absolute Gasteiger partial charge is 0.335 e. The topological polar surface area (TPSA) is 114 Å². The Bertz CT molecular complexity index is 1620. The van der Waals surface area contributed by atoms with E-state index in [9.17, 15) is 14.4 Å². The molecule has 5 rings (SSSR count). The van der Waals surface area contributed by atoms with Crippen LogP contribution in [0.15, 0.2) is 99.2 Å². The Hall–Kier alpha value is -4.98. The van der Waals surface area contributed by atoms with Crippen molar-refractivity contribution in [3.05, 3.63) is 106 Å². The van der Waals surface area contributed by atoms with Gasteiger partial charge in [0, 0.05) is 16.3 Å². The Balaban J connectivity index is 1.35. The molecular weight excluding hydrogens is 446 g/mol. The molecule has 0 saturated heterocycles. The second-order valence-electron chi connectivity index (χ2n) is 7.83. The number of benzene rings is 3. The first-order valence-electron chi connectivity index (χ1n) is 10.8. The van der Waals surface area contributed by atoms with Crippen molar-refractivity contribution in [2.24, 2.45) is 5.10 Å². The minimum absolute atomic E-state index is 0.0377. The molecule has 172 valence electrons. The maximum atomic E-state index is 12.8. The summed E-state index contributed by atoms with van der Waals surface area (Å²) in [6, 6.07) is 24.1. The summed E-state index contributed by atoms with van der Waals surface area (Å²) in [7, 11) is 0. The van der Waals surface area contributed by atoms with Crippen LogP contribution in [0.5, 0.6) is 0 Å². The van der Waals surface area contributed by atoms with Gasteiger partial charge in [0.25, 0.3) is 5.91 Å². The van der Waals surface area contributed by atoms with E-state index in [1.54, 1.807) is 53.1 Å². The number of carboxylic acid groups (broad SMARTS) is 1. The minimum atomic E-state index is -1.02. The Labute approximate surface area is 198 Å². The number of nitrogens with one attached hydrogen (secondary N) is 1. The number of pyridine rings is 1. The van der Waals surface area contributed by atoms with Crippen molar-refractivity contribution in [3.63, 3.8) is 0 Å². The monoisotopic (exact) mass is 465 g/mol. The maximum Gasteiger partial charge on any atom is 0.335 e. The number of aromatic carboxylic acids is 1. The summed E-state index contributed by atoms with van der Waals surface area (Å²) in [5.41, 5.74) is 4.51. The van der Waals surface area contributed by atoms with Crippen LogP contribution < -0.4 is 10.9 Å². The van der Waals surface area contributed by atoms with Gasteiger partial charge >= 0.3 is 5.97 Å². The second kappa shape index (κ2) is 9.11. The van der Waals surface area contributed by atoms with E-state index in [0.717, 1.165) is 0 Å². The van der Waals surface area contributed by atoms with Gasteiger partial charge in [-0.1, -0.05) is 36.4 Å². The minimum Gasteiger partial charge on any atom is -0.478 e. The van der Waals surface area contributed by atoms with E-state index in [0.29, 0.717) is 38.9 Å². The zero-order chi connectivity index (χ0) is 24.4. The van der Waals surface area contributed by atoms with E-state index in [-0.39, 0.29) is 23.4 Å². The Morgan fingerprint density at radius 1 is 0.914 bits per heavy atom. The molecule has 0 unspecified atom stereocenters. The number of carbonyl (C=O) groups is 2. The first-order chi connectivity index (χ1) is 17.0. The van der Waals surface area contributed by atoms with Crippen molar-refractivity contribution in [1.29, 1.82) is 0 Å². The first-order valence-corrected chi connectivity index (χ1v) is 10.8. The molecule has 0 radical (unpaired) electrons. The summed E-state index contributed by atoms with van der Waals surface area (Å²) in [5.74, 6) is -0.528. The largest absolute Gasteiger partial charge is 0.478 e. The number of fused-ring (bicyclic) bond motifs is 2. The summed E-state index contributed by atoms with van der Waals surface area (Å²) in [6.45, 7) is -0.0377. The van der Waals surface area contributed by atoms with Gasteiger partial charge in [-0.25, -0.2) is 10.2 Å². The fraction of sp³-hybridized carbons (Fsp3) is 0.0370. The molecule has 5 aromatic rings. The van der Waals surface area contributed by atoms with Gasteiger partial charge in [0.15, 0.2) is 5.43 Å². The summed E-state index contributed by atoms with van der Waals surface area (Å²) in [6.07, 6.45) is 1.37. The van der Waals surface area contributed by atoms with E-state index >= 15 is 0 Å². The molecule has 0 atom stereocenters. The lowest BCUT2D eigenvalue weighted by atomic mass is 10.1. The summed E-state index contributed by atoms with van der Waals surface area (Å²) in [4.78, 5) is 36.7. The van der Waals surface area contributed by atoms with Crippen LogP contribution in [0.3, 0.4) is 0 Å². The number of nitrogens with zero attached hydrogens (tertiary/aromatic N) is 2. The average molecular weight is 465 g/mol. The Morgan fingerprint density at radius 3 is 2.29 bits per heavy atom. The van der Waals surface area contributed by atoms with E-state index in [1.165, 1.54) is 18.3 Å². The maximum absolute atomic E-state index is 12.8. The van der Waals surface area contributed by atoms with Crippen LogP contribution in [-0.4, -0.2) is 27.8 Å². The molecule has 8 heteroatoms. The highest BCUT2D eigenvalue weighted by atomic mass is 16.4. The molecule has 1 amide bonds. The second-order valence-corrected chi connectivity index (χ2v) is 7.83. The lowest BCUT2D eigenvalue weighted by molar-refractivity contribution is -0.121. The number of furan rings is 1. The van der Waals surface area contributed by atoms with E-state index in [4.69, 9.17) is 9.52 Å². The number of carbonyl (C=O) groups excluding carboxylic acids is 1. The molecule has 0 aliphatic carbocycles. The zero-order valence-corrected chi connectivity index (χ0v) is 18.3. The fourth-order valence-corrected chi connectivity index (χ4v) is 3.98. The quantitative estimate of drug-likeness (QED) is 0.221. The summed E-state index contributed by atoms with van der Waals surface area (Å²) in [5, 5.41) is 14.2. The molecule has 0 aliphatic rings. The Kier molecular flexibility index (Phi) is 5.68. The van der Waals surface area contributed by atoms with E-state index in [2.05, 4.69) is 10.5 Å². The van der Waals surface area contributed by atoms with Crippen LogP contribution >= 0.6 is 0 Å². The normalized spacial score (nSPS) is 11.3. The number of hydrazone groups is 1. The van der Waals surface area contributed by atoms with Crippen molar-refractivity contribution in [2.75, 3.05) is 0 Å². The number of hydrogen-bond acceptors (Lipinski definition) is 5. The highest BCUT2D eigenvalue weighted by Gasteiger charge is 2.13. The third-order valence-electron chi connectivity index (χ3n) is 5.58. The van der Waals surface area contributed by atoms with Crippen molar-refractivity contribution in [2.45, 2.75) is 6.54 Å². The van der Waals surface area contributed by atoms with Gasteiger partial charge < -0.3 is 14.1 Å². The van der Waals surface area contributed by atoms with Gasteiger partial charge in [-0.15, -0.1) is 0 Å². The molecule has 0 bridgehead atoms. The molecule has 35 heavy (non-hydrogen) atoms. The van der Waals surface area contributed by atoms with E-state index < -0.39 is 5.97 Å². The Morgan fingerprint density at radius 2 is 1.60 bits per heavy atom. The lowest BCUT2D eigenvalue weighted by Gasteiger charge is -2.14. The third kappa shape index (κ3) is 4.32. The molecule has 0 spiro atoms. The van der Waals surface area contributed by atoms with Gasteiger partial charge in [-0.2, -0.15) is 5.10 Å². The molecule has 2 aromatic heterocycles. The van der Waals surface area contributed by atoms with Crippen molar-refractivity contribution in [3.8, 4) is 11.3 Å². The lowest BCUT2D eigenvalue weighted by Crippen LogP contribution is -2.25. The van der Waals surface area contributed by atoms with E-state index in [1.807, 2.05) is 24.3 Å². The molecule has 3 aromatic carbocycles. The number of hydrogen-bond donors (Lipinski definition) is 2. The van der Waals surface area contributed by atoms with Crippen LogP contribution in [0.4, 0.5) is 0 Å². The van der Waals surface area contributed by atoms with Crippen LogP contribution in [0.2, 0.25) is 0 Å². The zero-order valence-electron chi connectivity index (χ0n) is 18.3. The number of amides is 1. The SMILES string of the molecule is O=C(Cn1c2ccccc2c(=O)c2ccccc21)NN=Cc1ccc(-c2cccc(C(=O)O)c2)o1. The molecule has 0 aliphatic heterocycles. The van der Waals surface area contributed by atoms with Gasteiger partial charge in [-0.05, 0) is 48.5 Å². The van der Waals surface area contributed by atoms with Gasteiger partial charge in [-0.3, -0.25) is 9.59 Å². The number of rotatable bonds is 6. The highest BCUT2D eigenvalue weighted by Crippen LogP contribution is 2.23. The molecule has 8 nitrogen and oxygen atoms in total. The van der Waals surface area contributed by atoms with Crippen molar-refractivity contribution in [1.82, 2.24) is 9.99 Å². The van der Waals surface area contributed by atoms with Crippen LogP contribution in [-0.2, 0) is 11.3 Å². The number of carboxylic acids is 1. The van der Waals surface area contributed by atoms with Crippen molar-refractivity contribution < 1.29 is 19.1 Å².